The van der Waals surface area contributed by atoms with E-state index >= 15 is 0 Å². The highest BCUT2D eigenvalue weighted by atomic mass is 16.6. The Balaban J connectivity index is 1.64. The Morgan fingerprint density at radius 2 is 1.97 bits per heavy atom. The molecule has 5 atom stereocenters. The number of hydrogen-bond donors (Lipinski definition) is 2. The van der Waals surface area contributed by atoms with E-state index in [1.54, 1.807) is 0 Å². The van der Waals surface area contributed by atoms with Crippen LogP contribution >= 0.6 is 0 Å². The molecule has 3 aliphatic rings. The number of rotatable bonds is 10. The number of aliphatic hydroxyl groups excluding tert-OH is 2. The van der Waals surface area contributed by atoms with Crippen LogP contribution in [0, 0.1) is 11.3 Å². The minimum Gasteiger partial charge on any atom is -0.458 e. The summed E-state index contributed by atoms with van der Waals surface area (Å²) < 4.78 is 11.9. The van der Waals surface area contributed by atoms with Crippen molar-refractivity contribution in [1.82, 2.24) is 0 Å². The van der Waals surface area contributed by atoms with Crippen LogP contribution in [0.2, 0.25) is 0 Å². The smallest absolute Gasteiger partial charge is 0.332 e. The molecule has 5 nitrogen and oxygen atoms in total. The molecule has 202 valence electrons. The zero-order chi connectivity index (χ0) is 26.5. The summed E-state index contributed by atoms with van der Waals surface area (Å²) in [7, 11) is 0. The van der Waals surface area contributed by atoms with Crippen LogP contribution in [0.15, 0.2) is 47.1 Å². The number of hydrogen-bond acceptors (Lipinski definition) is 5. The van der Waals surface area contributed by atoms with Gasteiger partial charge in [0.15, 0.2) is 0 Å². The monoisotopic (exact) mass is 500 g/mol. The van der Waals surface area contributed by atoms with Crippen LogP contribution in [0.1, 0.15) is 98.8 Å². The van der Waals surface area contributed by atoms with Crippen LogP contribution in [0.4, 0.5) is 0 Å². The first-order valence-electron chi connectivity index (χ1n) is 14.0. The van der Waals surface area contributed by atoms with Gasteiger partial charge in [0.2, 0.25) is 0 Å². The summed E-state index contributed by atoms with van der Waals surface area (Å²) in [5.74, 6) is 0.125. The molecule has 0 aromatic heterocycles. The van der Waals surface area contributed by atoms with Crippen LogP contribution in [-0.2, 0) is 14.3 Å². The quantitative estimate of drug-likeness (QED) is 0.270. The van der Waals surface area contributed by atoms with E-state index in [1.165, 1.54) is 11.1 Å². The second-order valence-electron chi connectivity index (χ2n) is 11.7. The van der Waals surface area contributed by atoms with Crippen molar-refractivity contribution >= 4 is 5.97 Å². The van der Waals surface area contributed by atoms with Crippen LogP contribution in [0.25, 0.3) is 0 Å². The van der Waals surface area contributed by atoms with Gasteiger partial charge in [0.05, 0.1) is 18.3 Å². The Morgan fingerprint density at radius 3 is 2.64 bits per heavy atom. The lowest BCUT2D eigenvalue weighted by molar-refractivity contribution is -0.166. The average Bonchev–Trinajstić information content (AvgIpc) is 3.16. The first-order chi connectivity index (χ1) is 17.0. The molecule has 0 heterocycles. The summed E-state index contributed by atoms with van der Waals surface area (Å²) in [5.41, 5.74) is 3.96. The van der Waals surface area contributed by atoms with E-state index < -0.39 is 17.8 Å². The van der Waals surface area contributed by atoms with Gasteiger partial charge in [-0.2, -0.15) is 0 Å². The zero-order valence-electron chi connectivity index (χ0n) is 23.1. The van der Waals surface area contributed by atoms with E-state index in [0.717, 1.165) is 62.5 Å². The maximum atomic E-state index is 12.6. The van der Waals surface area contributed by atoms with E-state index in [-0.39, 0.29) is 24.1 Å². The maximum Gasteiger partial charge on any atom is 0.332 e. The molecular formula is C31H48O5. The third-order valence-electron chi connectivity index (χ3n) is 8.68. The topological polar surface area (TPSA) is 76.0 Å². The van der Waals surface area contributed by atoms with Crippen molar-refractivity contribution in [3.05, 3.63) is 47.1 Å². The number of allylic oxidation sites excluding steroid dienone is 4. The van der Waals surface area contributed by atoms with Gasteiger partial charge in [-0.15, -0.1) is 0 Å². The third kappa shape index (κ3) is 6.59. The Bertz CT molecular complexity index is 891. The van der Waals surface area contributed by atoms with Gasteiger partial charge in [0.1, 0.15) is 12.2 Å². The van der Waals surface area contributed by atoms with Gasteiger partial charge in [-0.1, -0.05) is 64.0 Å². The lowest BCUT2D eigenvalue weighted by Crippen LogP contribution is -2.36. The molecule has 1 unspecified atom stereocenters. The fourth-order valence-corrected chi connectivity index (χ4v) is 6.82. The van der Waals surface area contributed by atoms with Gasteiger partial charge in [-0.25, -0.2) is 4.79 Å². The standard InChI is InChI=1S/C31H48O5/c1-7-15-30(5,16-8-2)36-29(34)20-35-22(4)26-13-14-27-23(10-9-17-31(26,27)6)11-12-24-18-25(32)19-28(33)21(24)3/h11-13,22,25,27-28,32-33H,3,7-10,14-20H2,1-2,4-6H3/b23-11+,24-12-/t22?,25-,27+,28+,31-/m1/s1. The number of carbonyl (C=O) groups is 1. The lowest BCUT2D eigenvalue weighted by Gasteiger charge is -2.42. The van der Waals surface area contributed by atoms with E-state index in [1.807, 2.05) is 6.92 Å². The molecule has 0 radical (unpaired) electrons. The predicted octanol–water partition coefficient (Wildman–Crippen LogP) is 6.35. The molecule has 2 fully saturated rings. The van der Waals surface area contributed by atoms with Gasteiger partial charge in [-0.05, 0) is 86.8 Å². The number of fused-ring (bicyclic) bond motifs is 1. The highest BCUT2D eigenvalue weighted by Crippen LogP contribution is 2.55. The largest absolute Gasteiger partial charge is 0.458 e. The first kappa shape index (κ1) is 28.9. The molecule has 0 aliphatic heterocycles. The molecule has 0 spiro atoms. The number of carbonyl (C=O) groups excluding carboxylic acids is 1. The van der Waals surface area contributed by atoms with Gasteiger partial charge in [0, 0.05) is 6.42 Å². The van der Waals surface area contributed by atoms with Crippen molar-refractivity contribution in [2.75, 3.05) is 6.61 Å². The van der Waals surface area contributed by atoms with Crippen LogP contribution in [0.3, 0.4) is 0 Å². The van der Waals surface area contributed by atoms with E-state index in [0.29, 0.717) is 18.8 Å². The van der Waals surface area contributed by atoms with Crippen LogP contribution in [-0.4, -0.2) is 46.7 Å². The van der Waals surface area contributed by atoms with Crippen molar-refractivity contribution in [2.24, 2.45) is 11.3 Å². The molecule has 0 amide bonds. The number of ether oxygens (including phenoxy) is 2. The summed E-state index contributed by atoms with van der Waals surface area (Å²) in [6.07, 6.45) is 14.1. The van der Waals surface area contributed by atoms with Gasteiger partial charge in [-0.3, -0.25) is 0 Å². The minimum atomic E-state index is -0.665. The van der Waals surface area contributed by atoms with Crippen LogP contribution in [0.5, 0.6) is 0 Å². The maximum absolute atomic E-state index is 12.6. The average molecular weight is 501 g/mol. The minimum absolute atomic E-state index is 0.00739. The summed E-state index contributed by atoms with van der Waals surface area (Å²) in [6.45, 7) is 14.7. The highest BCUT2D eigenvalue weighted by Gasteiger charge is 2.46. The molecule has 0 bridgehead atoms. The highest BCUT2D eigenvalue weighted by molar-refractivity contribution is 5.71. The Hall–Kier alpha value is -1.69. The van der Waals surface area contributed by atoms with Crippen molar-refractivity contribution in [3.8, 4) is 0 Å². The fourth-order valence-electron chi connectivity index (χ4n) is 6.82. The first-order valence-corrected chi connectivity index (χ1v) is 14.0. The van der Waals surface area contributed by atoms with Crippen molar-refractivity contribution in [2.45, 2.75) is 123 Å². The molecule has 36 heavy (non-hydrogen) atoms. The Morgan fingerprint density at radius 1 is 1.28 bits per heavy atom. The van der Waals surface area contributed by atoms with Gasteiger partial charge < -0.3 is 19.7 Å². The van der Waals surface area contributed by atoms with Gasteiger partial charge in [0.25, 0.3) is 0 Å². The van der Waals surface area contributed by atoms with E-state index in [9.17, 15) is 15.0 Å². The van der Waals surface area contributed by atoms with Crippen molar-refractivity contribution in [3.63, 3.8) is 0 Å². The zero-order valence-corrected chi connectivity index (χ0v) is 23.1. The summed E-state index contributed by atoms with van der Waals surface area (Å²) in [5, 5.41) is 20.3. The molecule has 0 saturated heterocycles. The summed E-state index contributed by atoms with van der Waals surface area (Å²) >= 11 is 0. The van der Waals surface area contributed by atoms with Crippen molar-refractivity contribution in [1.29, 1.82) is 0 Å². The molecule has 2 N–H and O–H groups in total. The molecule has 3 rings (SSSR count). The second kappa shape index (κ2) is 12.2. The molecule has 3 aliphatic carbocycles. The summed E-state index contributed by atoms with van der Waals surface area (Å²) in [6, 6.07) is 0. The van der Waals surface area contributed by atoms with E-state index in [2.05, 4.69) is 52.5 Å². The normalized spacial score (nSPS) is 31.9. The van der Waals surface area contributed by atoms with Gasteiger partial charge >= 0.3 is 5.97 Å². The SMILES string of the molecule is C=C1/C(=C\C=C2/CCC[C@]3(C)C(C(C)OCC(=O)OC(C)(CCC)CCC)=CC[C@@H]23)C[C@@H](O)C[C@@H]1O. The number of esters is 1. The molecule has 2 saturated carbocycles. The second-order valence-corrected chi connectivity index (χ2v) is 11.7. The van der Waals surface area contributed by atoms with Crippen molar-refractivity contribution < 1.29 is 24.5 Å². The molecule has 0 aromatic carbocycles. The molecule has 0 aromatic rings. The third-order valence-corrected chi connectivity index (χ3v) is 8.68. The lowest BCUT2D eigenvalue weighted by atomic mass is 9.63. The molecule has 5 heteroatoms. The summed E-state index contributed by atoms with van der Waals surface area (Å²) in [4.78, 5) is 12.6. The number of aliphatic hydroxyl groups is 2. The molecular weight excluding hydrogens is 452 g/mol. The van der Waals surface area contributed by atoms with E-state index in [4.69, 9.17) is 9.47 Å². The predicted molar refractivity (Wildman–Crippen MR) is 144 cm³/mol. The Labute approximate surface area is 218 Å². The Kier molecular flexibility index (Phi) is 9.81. The fraction of sp³-hybridized carbons (Fsp3) is 0.710. The van der Waals surface area contributed by atoms with Crippen LogP contribution < -0.4 is 0 Å².